The van der Waals surface area contributed by atoms with Crippen molar-refractivity contribution in [1.29, 1.82) is 0 Å². The Morgan fingerprint density at radius 1 is 1.43 bits per heavy atom. The summed E-state index contributed by atoms with van der Waals surface area (Å²) in [7, 11) is -1.89. The van der Waals surface area contributed by atoms with Crippen molar-refractivity contribution in [3.8, 4) is 0 Å². The first-order chi connectivity index (χ1) is 9.51. The highest BCUT2D eigenvalue weighted by atomic mass is 28.4. The number of carbonyl (C=O) groups excluding carboxylic acids is 1. The zero-order chi connectivity index (χ0) is 16.4. The van der Waals surface area contributed by atoms with Crippen LogP contribution in [0.5, 0.6) is 0 Å². The molecule has 1 heterocycles. The van der Waals surface area contributed by atoms with Crippen molar-refractivity contribution < 1.29 is 9.22 Å². The highest BCUT2D eigenvalue weighted by Crippen LogP contribution is 2.39. The minimum Gasteiger partial charge on any atom is -0.413 e. The fourth-order valence-corrected chi connectivity index (χ4v) is 3.84. The number of hydrogen-bond donors (Lipinski definition) is 1. The molecular formula is C14H28N4O2Si. The Morgan fingerprint density at radius 2 is 2.00 bits per heavy atom. The Labute approximate surface area is 128 Å². The summed E-state index contributed by atoms with van der Waals surface area (Å²) in [4.78, 5) is 14.7. The van der Waals surface area contributed by atoms with Gasteiger partial charge in [0.15, 0.2) is 8.32 Å². The first-order valence-electron chi connectivity index (χ1n) is 7.50. The summed E-state index contributed by atoms with van der Waals surface area (Å²) in [5.41, 5.74) is 8.41. The largest absolute Gasteiger partial charge is 0.413 e. The van der Waals surface area contributed by atoms with Gasteiger partial charge in [-0.15, -0.1) is 0 Å². The number of azide groups is 1. The van der Waals surface area contributed by atoms with Gasteiger partial charge < -0.3 is 9.74 Å². The number of carbonyl (C=O) groups is 1. The van der Waals surface area contributed by atoms with Gasteiger partial charge in [-0.2, -0.15) is 0 Å². The van der Waals surface area contributed by atoms with Crippen LogP contribution in [0.2, 0.25) is 18.1 Å². The zero-order valence-electron chi connectivity index (χ0n) is 14.2. The topological polar surface area (TPSA) is 87.1 Å². The number of nitrogens with zero attached hydrogens (tertiary/aromatic N) is 3. The van der Waals surface area contributed by atoms with Crippen LogP contribution in [0, 0.1) is 11.8 Å². The summed E-state index contributed by atoms with van der Waals surface area (Å²) < 4.78 is 6.34. The van der Waals surface area contributed by atoms with Gasteiger partial charge in [0.1, 0.15) is 0 Å². The fraction of sp³-hybridized carbons (Fsp3) is 0.929. The summed E-state index contributed by atoms with van der Waals surface area (Å²) in [6.45, 7) is 15.3. The van der Waals surface area contributed by atoms with Crippen molar-refractivity contribution in [2.45, 2.75) is 64.9 Å². The monoisotopic (exact) mass is 312 g/mol. The molecule has 1 aliphatic rings. The summed E-state index contributed by atoms with van der Waals surface area (Å²) in [5, 5.41) is 6.64. The predicted octanol–water partition coefficient (Wildman–Crippen LogP) is 3.46. The molecule has 120 valence electrons. The molecule has 0 aliphatic carbocycles. The van der Waals surface area contributed by atoms with Crippen LogP contribution < -0.4 is 5.32 Å². The third-order valence-corrected chi connectivity index (χ3v) is 9.41. The van der Waals surface area contributed by atoms with Crippen LogP contribution in [0.15, 0.2) is 5.11 Å². The van der Waals surface area contributed by atoms with E-state index in [1.54, 1.807) is 0 Å². The maximum Gasteiger partial charge on any atom is 0.228 e. The molecule has 0 aromatic rings. The van der Waals surface area contributed by atoms with Crippen LogP contribution in [0.25, 0.3) is 10.4 Å². The molecule has 0 unspecified atom stereocenters. The molecule has 0 saturated carbocycles. The Balaban J connectivity index is 2.74. The number of hydrogen-bond acceptors (Lipinski definition) is 3. The van der Waals surface area contributed by atoms with Gasteiger partial charge in [-0.05, 0) is 36.5 Å². The lowest BCUT2D eigenvalue weighted by Gasteiger charge is -2.47. The highest BCUT2D eigenvalue weighted by molar-refractivity contribution is 6.74. The second kappa shape index (κ2) is 6.38. The Bertz CT molecular complexity index is 441. The van der Waals surface area contributed by atoms with E-state index in [4.69, 9.17) is 9.96 Å². The minimum atomic E-state index is -1.89. The maximum atomic E-state index is 11.9. The van der Waals surface area contributed by atoms with Gasteiger partial charge in [0.05, 0.1) is 12.0 Å². The molecule has 1 amide bonds. The van der Waals surface area contributed by atoms with Crippen LogP contribution >= 0.6 is 0 Å². The quantitative estimate of drug-likeness (QED) is 0.268. The lowest BCUT2D eigenvalue weighted by Crippen LogP contribution is -2.66. The predicted molar refractivity (Wildman–Crippen MR) is 86.3 cm³/mol. The third-order valence-electron chi connectivity index (χ3n) is 4.84. The molecule has 0 aromatic carbocycles. The summed E-state index contributed by atoms with van der Waals surface area (Å²) in [5.74, 6) is 0.0103. The standard InChI is InChI=1S/C14H28N4O2Si/c1-9(8-16-18-15)12-11(13(19)17-12)10(2)20-21(6,7)14(3,4)5/h9-12H,8H2,1-7H3,(H,17,19)/t9-,10+,11+,12+/m0/s1. The molecule has 0 bridgehead atoms. The van der Waals surface area contributed by atoms with Crippen LogP contribution in [-0.4, -0.2) is 32.9 Å². The summed E-state index contributed by atoms with van der Waals surface area (Å²) in [6.07, 6.45) is -0.113. The molecule has 1 rings (SSSR count). The molecule has 1 fully saturated rings. The fourth-order valence-electron chi connectivity index (χ4n) is 2.41. The second-order valence-corrected chi connectivity index (χ2v) is 12.3. The van der Waals surface area contributed by atoms with E-state index < -0.39 is 8.32 Å². The van der Waals surface area contributed by atoms with Gasteiger partial charge >= 0.3 is 0 Å². The number of amides is 1. The number of nitrogens with one attached hydrogen (secondary N) is 1. The van der Waals surface area contributed by atoms with E-state index >= 15 is 0 Å². The number of β-lactam (4-membered cyclic amide) rings is 1. The molecule has 0 spiro atoms. The van der Waals surface area contributed by atoms with E-state index in [9.17, 15) is 4.79 Å². The zero-order valence-corrected chi connectivity index (χ0v) is 15.2. The average molecular weight is 312 g/mol. The van der Waals surface area contributed by atoms with Crippen molar-refractivity contribution >= 4 is 14.2 Å². The van der Waals surface area contributed by atoms with Crippen LogP contribution in [0.4, 0.5) is 0 Å². The third kappa shape index (κ3) is 3.99. The first kappa shape index (κ1) is 18.0. The molecule has 1 saturated heterocycles. The van der Waals surface area contributed by atoms with Crippen LogP contribution in [0.1, 0.15) is 34.6 Å². The lowest BCUT2D eigenvalue weighted by molar-refractivity contribution is -0.141. The Hall–Kier alpha value is -1.04. The van der Waals surface area contributed by atoms with Gasteiger partial charge in [-0.3, -0.25) is 4.79 Å². The molecule has 0 aromatic heterocycles. The SMILES string of the molecule is C[C@@H](CN=[N+]=[N-])[C@H]1NC(=O)[C@@H]1[C@@H](C)O[Si](C)(C)C(C)(C)C. The molecular weight excluding hydrogens is 284 g/mol. The molecule has 1 N–H and O–H groups in total. The van der Waals surface area contributed by atoms with Gasteiger partial charge in [0.2, 0.25) is 5.91 Å². The maximum absolute atomic E-state index is 11.9. The smallest absolute Gasteiger partial charge is 0.228 e. The van der Waals surface area contributed by atoms with E-state index in [0.29, 0.717) is 6.54 Å². The highest BCUT2D eigenvalue weighted by Gasteiger charge is 2.48. The molecule has 0 radical (unpaired) electrons. The second-order valence-electron chi connectivity index (χ2n) is 7.53. The number of rotatable bonds is 6. The van der Waals surface area contributed by atoms with Crippen molar-refractivity contribution in [1.82, 2.24) is 5.32 Å². The van der Waals surface area contributed by atoms with E-state index in [0.717, 1.165) is 0 Å². The van der Waals surface area contributed by atoms with Gasteiger partial charge in [-0.1, -0.05) is 32.8 Å². The summed E-state index contributed by atoms with van der Waals surface area (Å²) >= 11 is 0. The lowest BCUT2D eigenvalue weighted by atomic mass is 9.79. The van der Waals surface area contributed by atoms with Crippen LogP contribution in [-0.2, 0) is 9.22 Å². The Morgan fingerprint density at radius 3 is 2.43 bits per heavy atom. The van der Waals surface area contributed by atoms with Crippen molar-refractivity contribution in [3.63, 3.8) is 0 Å². The molecule has 6 nitrogen and oxygen atoms in total. The molecule has 21 heavy (non-hydrogen) atoms. The van der Waals surface area contributed by atoms with Crippen molar-refractivity contribution in [3.05, 3.63) is 10.4 Å². The van der Waals surface area contributed by atoms with E-state index in [2.05, 4.69) is 49.2 Å². The van der Waals surface area contributed by atoms with E-state index in [-0.39, 0.29) is 34.9 Å². The van der Waals surface area contributed by atoms with Crippen LogP contribution in [0.3, 0.4) is 0 Å². The molecule has 7 heteroatoms. The molecule has 1 aliphatic heterocycles. The first-order valence-corrected chi connectivity index (χ1v) is 10.4. The molecule has 4 atom stereocenters. The normalized spacial score (nSPS) is 25.4. The Kier molecular flexibility index (Phi) is 5.47. The summed E-state index contributed by atoms with van der Waals surface area (Å²) in [6, 6.07) is 0.0303. The average Bonchev–Trinajstić information content (AvgIpc) is 2.30. The van der Waals surface area contributed by atoms with E-state index in [1.165, 1.54) is 0 Å². The van der Waals surface area contributed by atoms with E-state index in [1.807, 2.05) is 13.8 Å². The minimum absolute atomic E-state index is 0.0303. The van der Waals surface area contributed by atoms with Crippen molar-refractivity contribution in [2.75, 3.05) is 6.54 Å². The van der Waals surface area contributed by atoms with Gasteiger partial charge in [0, 0.05) is 17.5 Å². The van der Waals surface area contributed by atoms with Crippen molar-refractivity contribution in [2.24, 2.45) is 17.0 Å². The van der Waals surface area contributed by atoms with Gasteiger partial charge in [0.25, 0.3) is 0 Å². The van der Waals surface area contributed by atoms with Gasteiger partial charge in [-0.25, -0.2) is 0 Å².